The molecule has 0 aliphatic carbocycles. The summed E-state index contributed by atoms with van der Waals surface area (Å²) < 4.78 is 13.1. The van der Waals surface area contributed by atoms with Gasteiger partial charge in [-0.05, 0) is 31.9 Å². The van der Waals surface area contributed by atoms with E-state index in [1.165, 1.54) is 12.8 Å². The highest BCUT2D eigenvalue weighted by Gasteiger charge is 2.15. The van der Waals surface area contributed by atoms with Crippen molar-refractivity contribution >= 4 is 35.6 Å². The van der Waals surface area contributed by atoms with Crippen LogP contribution in [0.1, 0.15) is 31.4 Å². The average Bonchev–Trinajstić information content (AvgIpc) is 3.09. The highest BCUT2D eigenvalue weighted by Crippen LogP contribution is 2.30. The number of nitrogens with zero attached hydrogens (tertiary/aromatic N) is 4. The lowest BCUT2D eigenvalue weighted by atomic mass is 10.2. The minimum absolute atomic E-state index is 0. The van der Waals surface area contributed by atoms with Crippen molar-refractivity contribution in [2.24, 2.45) is 4.99 Å². The van der Waals surface area contributed by atoms with E-state index in [1.54, 1.807) is 14.2 Å². The maximum Gasteiger partial charge on any atom is 0.195 e. The number of ether oxygens (including phenoxy) is 2. The molecule has 0 saturated heterocycles. The molecule has 2 aromatic rings. The minimum Gasteiger partial charge on any atom is -0.493 e. The Morgan fingerprint density at radius 2 is 2.11 bits per heavy atom. The number of aryl methyl sites for hydroxylation is 1. The van der Waals surface area contributed by atoms with Gasteiger partial charge in [0.2, 0.25) is 0 Å². The molecule has 3 rings (SSSR count). The molecule has 0 radical (unpaired) electrons. The van der Waals surface area contributed by atoms with E-state index in [4.69, 9.17) is 9.47 Å². The minimum atomic E-state index is 0. The number of aliphatic imine (C=N–C) groups is 1. The molecular weight excluding hydrogens is 459 g/mol. The third-order valence-corrected chi connectivity index (χ3v) is 4.30. The van der Waals surface area contributed by atoms with Crippen molar-refractivity contribution in [2.75, 3.05) is 26.1 Å². The van der Waals surface area contributed by atoms with Crippen LogP contribution in [0.5, 0.6) is 11.5 Å². The van der Waals surface area contributed by atoms with Gasteiger partial charge in [0.25, 0.3) is 0 Å². The van der Waals surface area contributed by atoms with Gasteiger partial charge in [-0.3, -0.25) is 4.99 Å². The normalized spacial score (nSPS) is 13.4. The number of halogens is 1. The van der Waals surface area contributed by atoms with Crippen LogP contribution in [-0.2, 0) is 19.5 Å². The van der Waals surface area contributed by atoms with E-state index in [1.807, 2.05) is 25.1 Å². The zero-order valence-corrected chi connectivity index (χ0v) is 18.3. The first-order chi connectivity index (χ1) is 12.7. The summed E-state index contributed by atoms with van der Waals surface area (Å²) in [5.74, 6) is 4.07. The lowest BCUT2D eigenvalue weighted by Gasteiger charge is -2.16. The molecule has 0 fully saturated rings. The van der Waals surface area contributed by atoms with Crippen molar-refractivity contribution in [1.29, 1.82) is 0 Å². The second kappa shape index (κ2) is 10.3. The first-order valence-electron chi connectivity index (χ1n) is 8.94. The number of rotatable bonds is 6. The summed E-state index contributed by atoms with van der Waals surface area (Å²) >= 11 is 0. The van der Waals surface area contributed by atoms with E-state index in [0.717, 1.165) is 36.1 Å². The first-order valence-corrected chi connectivity index (χ1v) is 8.94. The number of fused-ring (bicyclic) bond motifs is 1. The van der Waals surface area contributed by atoms with Gasteiger partial charge in [0.05, 0.1) is 20.3 Å². The number of nitrogens with one attached hydrogen (secondary N) is 2. The average molecular weight is 486 g/mol. The first kappa shape index (κ1) is 21.3. The van der Waals surface area contributed by atoms with Crippen LogP contribution in [-0.4, -0.2) is 41.5 Å². The highest BCUT2D eigenvalue weighted by atomic mass is 127. The lowest BCUT2D eigenvalue weighted by Crippen LogP contribution is -2.31. The molecule has 1 aromatic carbocycles. The Labute approximate surface area is 176 Å². The summed E-state index contributed by atoms with van der Waals surface area (Å²) in [5, 5.41) is 15.1. The molecule has 1 aliphatic heterocycles. The molecule has 1 aromatic heterocycles. The number of aromatic nitrogens is 3. The molecule has 148 valence electrons. The number of methoxy groups -OCH3 is 1. The molecule has 8 nitrogen and oxygen atoms in total. The van der Waals surface area contributed by atoms with E-state index in [0.29, 0.717) is 24.9 Å². The molecule has 2 heterocycles. The van der Waals surface area contributed by atoms with Crippen LogP contribution in [0.3, 0.4) is 0 Å². The fourth-order valence-electron chi connectivity index (χ4n) is 3.00. The van der Waals surface area contributed by atoms with Crippen LogP contribution in [0.2, 0.25) is 0 Å². The SMILES string of the molecule is CCOc1ccc(NC(=NC)NCc2nnc3n2CCCC3)cc1OC.I. The van der Waals surface area contributed by atoms with Crippen molar-refractivity contribution in [2.45, 2.75) is 39.3 Å². The summed E-state index contributed by atoms with van der Waals surface area (Å²) in [6.07, 6.45) is 3.37. The van der Waals surface area contributed by atoms with Gasteiger partial charge < -0.3 is 24.7 Å². The van der Waals surface area contributed by atoms with Crippen molar-refractivity contribution in [3.63, 3.8) is 0 Å². The van der Waals surface area contributed by atoms with Crippen LogP contribution >= 0.6 is 24.0 Å². The van der Waals surface area contributed by atoms with E-state index in [-0.39, 0.29) is 24.0 Å². The number of guanidine groups is 1. The Hall–Kier alpha value is -2.04. The second-order valence-electron chi connectivity index (χ2n) is 5.99. The predicted molar refractivity (Wildman–Crippen MR) is 116 cm³/mol. The van der Waals surface area contributed by atoms with Gasteiger partial charge in [0.1, 0.15) is 5.82 Å². The number of anilines is 1. The van der Waals surface area contributed by atoms with E-state index in [9.17, 15) is 0 Å². The smallest absolute Gasteiger partial charge is 0.195 e. The van der Waals surface area contributed by atoms with Gasteiger partial charge in [-0.2, -0.15) is 0 Å². The Kier molecular flexibility index (Phi) is 8.14. The molecule has 0 spiro atoms. The number of hydrogen-bond donors (Lipinski definition) is 2. The lowest BCUT2D eigenvalue weighted by molar-refractivity contribution is 0.311. The van der Waals surface area contributed by atoms with Crippen LogP contribution in [0.15, 0.2) is 23.2 Å². The molecule has 0 bridgehead atoms. The highest BCUT2D eigenvalue weighted by molar-refractivity contribution is 14.0. The summed E-state index contributed by atoms with van der Waals surface area (Å²) in [7, 11) is 3.36. The Bertz CT molecular complexity index is 777. The van der Waals surface area contributed by atoms with Crippen LogP contribution in [0, 0.1) is 0 Å². The standard InChI is InChI=1S/C18H26N6O2.HI/c1-4-26-14-9-8-13(11-15(14)25-3)21-18(19-2)20-12-17-23-22-16-7-5-6-10-24(16)17;/h8-9,11H,4-7,10,12H2,1-3H3,(H2,19,20,21);1H. The molecule has 0 unspecified atom stereocenters. The molecular formula is C18H27IN6O2. The Balaban J connectivity index is 0.00000261. The number of hydrogen-bond acceptors (Lipinski definition) is 5. The Morgan fingerprint density at radius 3 is 2.85 bits per heavy atom. The van der Waals surface area contributed by atoms with Gasteiger partial charge in [0, 0.05) is 31.8 Å². The van der Waals surface area contributed by atoms with Crippen LogP contribution in [0.4, 0.5) is 5.69 Å². The fraction of sp³-hybridized carbons (Fsp3) is 0.500. The largest absolute Gasteiger partial charge is 0.493 e. The van der Waals surface area contributed by atoms with Gasteiger partial charge in [0.15, 0.2) is 23.3 Å². The van der Waals surface area contributed by atoms with Gasteiger partial charge in [-0.25, -0.2) is 0 Å². The fourth-order valence-corrected chi connectivity index (χ4v) is 3.00. The zero-order chi connectivity index (χ0) is 18.4. The second-order valence-corrected chi connectivity index (χ2v) is 5.99. The van der Waals surface area contributed by atoms with Crippen molar-refractivity contribution < 1.29 is 9.47 Å². The summed E-state index contributed by atoms with van der Waals surface area (Å²) in [6, 6.07) is 5.70. The molecule has 27 heavy (non-hydrogen) atoms. The maximum absolute atomic E-state index is 5.55. The van der Waals surface area contributed by atoms with Crippen LogP contribution in [0.25, 0.3) is 0 Å². The van der Waals surface area contributed by atoms with E-state index >= 15 is 0 Å². The van der Waals surface area contributed by atoms with Gasteiger partial charge in [-0.1, -0.05) is 0 Å². The molecule has 0 saturated carbocycles. The monoisotopic (exact) mass is 486 g/mol. The molecule has 0 atom stereocenters. The maximum atomic E-state index is 5.55. The topological polar surface area (TPSA) is 85.6 Å². The zero-order valence-electron chi connectivity index (χ0n) is 16.0. The van der Waals surface area contributed by atoms with E-state index in [2.05, 4.69) is 30.4 Å². The van der Waals surface area contributed by atoms with Gasteiger partial charge >= 0.3 is 0 Å². The molecule has 0 amide bonds. The Morgan fingerprint density at radius 1 is 1.26 bits per heavy atom. The third-order valence-electron chi connectivity index (χ3n) is 4.30. The third kappa shape index (κ3) is 5.24. The van der Waals surface area contributed by atoms with Crippen molar-refractivity contribution in [3.8, 4) is 11.5 Å². The van der Waals surface area contributed by atoms with Gasteiger partial charge in [-0.15, -0.1) is 34.2 Å². The summed E-state index contributed by atoms with van der Waals surface area (Å²) in [6.45, 7) is 4.10. The van der Waals surface area contributed by atoms with Crippen LogP contribution < -0.4 is 20.1 Å². The number of benzene rings is 1. The quantitative estimate of drug-likeness (QED) is 0.371. The molecule has 9 heteroatoms. The van der Waals surface area contributed by atoms with Crippen molar-refractivity contribution in [1.82, 2.24) is 20.1 Å². The van der Waals surface area contributed by atoms with E-state index < -0.39 is 0 Å². The summed E-state index contributed by atoms with van der Waals surface area (Å²) in [4.78, 5) is 4.27. The van der Waals surface area contributed by atoms with Crippen molar-refractivity contribution in [3.05, 3.63) is 29.8 Å². The molecule has 2 N–H and O–H groups in total. The predicted octanol–water partition coefficient (Wildman–Crippen LogP) is 2.83. The summed E-state index contributed by atoms with van der Waals surface area (Å²) in [5.41, 5.74) is 0.863. The molecule has 1 aliphatic rings.